The number of nitrogens with one attached hydrogen (secondary N) is 1. The van der Waals surface area contributed by atoms with Gasteiger partial charge in [-0.25, -0.2) is 10.1 Å². The van der Waals surface area contributed by atoms with Crippen molar-refractivity contribution in [2.45, 2.75) is 20.3 Å². The summed E-state index contributed by atoms with van der Waals surface area (Å²) in [6.45, 7) is 3.78. The molecule has 0 saturated heterocycles. The number of hydrogen-bond donors (Lipinski definition) is 2. The zero-order chi connectivity index (χ0) is 23.4. The fourth-order valence-corrected chi connectivity index (χ4v) is 3.25. The maximum absolute atomic E-state index is 13.0. The van der Waals surface area contributed by atoms with Crippen LogP contribution in [0.1, 0.15) is 28.5 Å². The first-order chi connectivity index (χ1) is 16.0. The lowest BCUT2D eigenvalue weighted by atomic mass is 10.1. The van der Waals surface area contributed by atoms with E-state index in [0.29, 0.717) is 23.4 Å². The molecule has 11 heteroatoms. The summed E-state index contributed by atoms with van der Waals surface area (Å²) in [5.41, 5.74) is 12.2. The molecule has 0 fully saturated rings. The number of aromatic nitrogens is 5. The second-order valence-corrected chi connectivity index (χ2v) is 7.31. The van der Waals surface area contributed by atoms with Gasteiger partial charge in [-0.3, -0.25) is 4.79 Å². The molecule has 2 aromatic carbocycles. The van der Waals surface area contributed by atoms with Crippen molar-refractivity contribution in [1.82, 2.24) is 30.7 Å². The number of aryl methyl sites for hydroxylation is 1. The van der Waals surface area contributed by atoms with Crippen molar-refractivity contribution in [2.24, 2.45) is 5.10 Å². The lowest BCUT2D eigenvalue weighted by molar-refractivity contribution is 0.0950. The molecule has 168 valence electrons. The fraction of sp³-hybridized carbons (Fsp3) is 0.182. The Bertz CT molecular complexity index is 1310. The Balaban J connectivity index is 1.63. The summed E-state index contributed by atoms with van der Waals surface area (Å²) >= 11 is 0. The standard InChI is InChI=1S/C22H22N8O3/c1-13-8-10-15(11-9-13)19-18(25-29-30(19)21-20(23)27-33-28-21)22(31)26-24-14(2)12-16-6-4-5-7-17(16)32-3/h4-11H,12H2,1-3H3,(H2,23,27)(H,26,31)/b24-14+. The molecule has 0 radical (unpaired) electrons. The Hall–Kier alpha value is -4.54. The number of nitrogen functional groups attached to an aromatic ring is 1. The van der Waals surface area contributed by atoms with Crippen LogP contribution in [0, 0.1) is 6.92 Å². The number of amides is 1. The molecular weight excluding hydrogens is 424 g/mol. The summed E-state index contributed by atoms with van der Waals surface area (Å²) < 4.78 is 11.4. The smallest absolute Gasteiger partial charge is 0.294 e. The number of nitrogens with two attached hydrogens (primary N) is 1. The van der Waals surface area contributed by atoms with Gasteiger partial charge in [-0.15, -0.1) is 5.10 Å². The lowest BCUT2D eigenvalue weighted by Crippen LogP contribution is -2.21. The molecule has 0 unspecified atom stereocenters. The van der Waals surface area contributed by atoms with Gasteiger partial charge in [-0.05, 0) is 35.8 Å². The zero-order valence-electron chi connectivity index (χ0n) is 18.3. The maximum Gasteiger partial charge on any atom is 0.294 e. The van der Waals surface area contributed by atoms with Crippen molar-refractivity contribution in [3.63, 3.8) is 0 Å². The highest BCUT2D eigenvalue weighted by atomic mass is 16.6. The SMILES string of the molecule is COc1ccccc1C/C(C)=N/NC(=O)c1nnn(-c2nonc2N)c1-c1ccc(C)cc1. The number of rotatable bonds is 7. The van der Waals surface area contributed by atoms with Gasteiger partial charge in [-0.2, -0.15) is 9.78 Å². The third-order valence-electron chi connectivity index (χ3n) is 4.89. The van der Waals surface area contributed by atoms with Crippen LogP contribution in [0.4, 0.5) is 5.82 Å². The van der Waals surface area contributed by atoms with Crippen molar-refractivity contribution in [1.29, 1.82) is 0 Å². The van der Waals surface area contributed by atoms with E-state index in [4.69, 9.17) is 10.5 Å². The molecule has 0 bridgehead atoms. The third kappa shape index (κ3) is 4.56. The van der Waals surface area contributed by atoms with Gasteiger partial charge >= 0.3 is 0 Å². The normalized spacial score (nSPS) is 11.4. The fourth-order valence-electron chi connectivity index (χ4n) is 3.25. The quantitative estimate of drug-likeness (QED) is 0.325. The van der Waals surface area contributed by atoms with Crippen LogP contribution >= 0.6 is 0 Å². The Morgan fingerprint density at radius 2 is 1.94 bits per heavy atom. The summed E-state index contributed by atoms with van der Waals surface area (Å²) in [4.78, 5) is 13.0. The topological polar surface area (TPSA) is 146 Å². The Morgan fingerprint density at radius 3 is 2.64 bits per heavy atom. The molecule has 0 aliphatic rings. The van der Waals surface area contributed by atoms with Crippen LogP contribution in [0.15, 0.2) is 58.3 Å². The second kappa shape index (κ2) is 9.30. The predicted octanol–water partition coefficient (Wildman–Crippen LogP) is 2.56. The molecule has 0 saturated carbocycles. The van der Waals surface area contributed by atoms with Crippen molar-refractivity contribution in [3.05, 3.63) is 65.4 Å². The van der Waals surface area contributed by atoms with Crippen LogP contribution in [0.2, 0.25) is 0 Å². The molecule has 1 amide bonds. The van der Waals surface area contributed by atoms with Crippen molar-refractivity contribution in [3.8, 4) is 22.8 Å². The van der Waals surface area contributed by atoms with E-state index in [1.165, 1.54) is 4.68 Å². The molecule has 11 nitrogen and oxygen atoms in total. The molecule has 2 heterocycles. The lowest BCUT2D eigenvalue weighted by Gasteiger charge is -2.08. The van der Waals surface area contributed by atoms with Crippen LogP contribution in [0.3, 0.4) is 0 Å². The van der Waals surface area contributed by atoms with E-state index in [1.54, 1.807) is 7.11 Å². The highest BCUT2D eigenvalue weighted by Gasteiger charge is 2.25. The van der Waals surface area contributed by atoms with Gasteiger partial charge in [0.15, 0.2) is 5.69 Å². The maximum atomic E-state index is 13.0. The van der Waals surface area contributed by atoms with Crippen LogP contribution in [0.5, 0.6) is 5.75 Å². The van der Waals surface area contributed by atoms with Crippen LogP contribution < -0.4 is 15.9 Å². The summed E-state index contributed by atoms with van der Waals surface area (Å²) in [5, 5.41) is 19.7. The molecule has 2 aromatic heterocycles. The van der Waals surface area contributed by atoms with Crippen LogP contribution in [0.25, 0.3) is 17.1 Å². The van der Waals surface area contributed by atoms with E-state index in [0.717, 1.165) is 16.9 Å². The zero-order valence-corrected chi connectivity index (χ0v) is 18.3. The summed E-state index contributed by atoms with van der Waals surface area (Å²) in [5.74, 6) is 0.367. The number of anilines is 1. The second-order valence-electron chi connectivity index (χ2n) is 7.31. The average molecular weight is 446 g/mol. The van der Waals surface area contributed by atoms with Gasteiger partial charge in [-0.1, -0.05) is 53.2 Å². The monoisotopic (exact) mass is 446 g/mol. The number of hydrazone groups is 1. The molecule has 4 rings (SSSR count). The highest BCUT2D eigenvalue weighted by molar-refractivity contribution is 5.99. The largest absolute Gasteiger partial charge is 0.496 e. The van der Waals surface area contributed by atoms with Crippen LogP contribution in [-0.4, -0.2) is 44.0 Å². The number of carbonyl (C=O) groups excluding carboxylic acids is 1. The van der Waals surface area contributed by atoms with Crippen molar-refractivity contribution >= 4 is 17.4 Å². The summed E-state index contributed by atoms with van der Waals surface area (Å²) in [7, 11) is 1.61. The molecule has 33 heavy (non-hydrogen) atoms. The summed E-state index contributed by atoms with van der Waals surface area (Å²) in [6.07, 6.45) is 0.503. The molecule has 0 atom stereocenters. The molecule has 0 aliphatic carbocycles. The van der Waals surface area contributed by atoms with Gasteiger partial charge < -0.3 is 10.5 Å². The minimum Gasteiger partial charge on any atom is -0.496 e. The first-order valence-corrected chi connectivity index (χ1v) is 10.0. The van der Waals surface area contributed by atoms with E-state index in [2.05, 4.69) is 35.8 Å². The van der Waals surface area contributed by atoms with E-state index >= 15 is 0 Å². The first kappa shape index (κ1) is 21.7. The van der Waals surface area contributed by atoms with E-state index in [1.807, 2.05) is 62.4 Å². The van der Waals surface area contributed by atoms with Gasteiger partial charge in [0, 0.05) is 17.7 Å². The molecule has 3 N–H and O–H groups in total. The first-order valence-electron chi connectivity index (χ1n) is 10.0. The van der Waals surface area contributed by atoms with Gasteiger partial charge in [0.05, 0.1) is 7.11 Å². The molecule has 0 spiro atoms. The number of ether oxygens (including phenoxy) is 1. The number of methoxy groups -OCH3 is 1. The van der Waals surface area contributed by atoms with E-state index in [-0.39, 0.29) is 17.3 Å². The number of hydrogen-bond acceptors (Lipinski definition) is 9. The predicted molar refractivity (Wildman–Crippen MR) is 121 cm³/mol. The molecule has 4 aromatic rings. The summed E-state index contributed by atoms with van der Waals surface area (Å²) in [6, 6.07) is 15.1. The van der Waals surface area contributed by atoms with Crippen molar-refractivity contribution < 1.29 is 14.2 Å². The Labute approximate surface area is 189 Å². The average Bonchev–Trinajstić information content (AvgIpc) is 3.44. The minimum atomic E-state index is -0.536. The Morgan fingerprint density at radius 1 is 1.18 bits per heavy atom. The van der Waals surface area contributed by atoms with Crippen molar-refractivity contribution in [2.75, 3.05) is 12.8 Å². The van der Waals surface area contributed by atoms with E-state index in [9.17, 15) is 4.79 Å². The third-order valence-corrected chi connectivity index (χ3v) is 4.89. The highest BCUT2D eigenvalue weighted by Crippen LogP contribution is 2.26. The van der Waals surface area contributed by atoms with Gasteiger partial charge in [0.2, 0.25) is 11.6 Å². The van der Waals surface area contributed by atoms with Crippen LogP contribution in [-0.2, 0) is 6.42 Å². The number of benzene rings is 2. The van der Waals surface area contributed by atoms with Gasteiger partial charge in [0.1, 0.15) is 11.4 Å². The molecule has 0 aliphatic heterocycles. The van der Waals surface area contributed by atoms with E-state index < -0.39 is 5.91 Å². The number of nitrogens with zero attached hydrogens (tertiary/aromatic N) is 6. The minimum absolute atomic E-state index is 0.0193. The van der Waals surface area contributed by atoms with Gasteiger partial charge in [0.25, 0.3) is 5.91 Å². The number of carbonyl (C=O) groups is 1. The molecular formula is C22H22N8O3. The Kier molecular flexibility index (Phi) is 6.11. The number of para-hydroxylation sites is 1.